The number of hydrogen-bond donors (Lipinski definition) is 2. The Morgan fingerprint density at radius 2 is 1.83 bits per heavy atom. The molecule has 0 radical (unpaired) electrons. The molecule has 0 spiro atoms. The summed E-state index contributed by atoms with van der Waals surface area (Å²) in [4.78, 5) is 8.26. The summed E-state index contributed by atoms with van der Waals surface area (Å²) in [6.07, 6.45) is 1.74. The maximum Gasteiger partial charge on any atom is 0.222 e. The number of benzene rings is 1. The number of aromatic nitrogens is 2. The lowest BCUT2D eigenvalue weighted by molar-refractivity contribution is 0.625. The lowest BCUT2D eigenvalue weighted by atomic mass is 9.97. The third kappa shape index (κ3) is 1.68. The van der Waals surface area contributed by atoms with Crippen molar-refractivity contribution in [2.45, 2.75) is 18.8 Å². The molecule has 0 saturated heterocycles. The van der Waals surface area contributed by atoms with E-state index >= 15 is 0 Å². The Morgan fingerprint density at radius 3 is 2.56 bits per heavy atom. The minimum atomic E-state index is -0.237. The third-order valence-electron chi connectivity index (χ3n) is 3.37. The van der Waals surface area contributed by atoms with Crippen molar-refractivity contribution in [2.75, 3.05) is 11.5 Å². The van der Waals surface area contributed by atoms with Crippen molar-refractivity contribution in [3.63, 3.8) is 0 Å². The van der Waals surface area contributed by atoms with E-state index in [0.717, 1.165) is 29.7 Å². The molecule has 0 aliphatic heterocycles. The highest BCUT2D eigenvalue weighted by Gasteiger charge is 2.28. The first kappa shape index (κ1) is 11.0. The average molecular weight is 244 g/mol. The van der Waals surface area contributed by atoms with Gasteiger partial charge in [-0.3, -0.25) is 0 Å². The van der Waals surface area contributed by atoms with E-state index in [1.165, 1.54) is 12.1 Å². The van der Waals surface area contributed by atoms with E-state index in [1.807, 2.05) is 0 Å². The highest BCUT2D eigenvalue weighted by molar-refractivity contribution is 5.51. The van der Waals surface area contributed by atoms with Crippen LogP contribution in [0.3, 0.4) is 0 Å². The van der Waals surface area contributed by atoms with Gasteiger partial charge in [0.15, 0.2) is 0 Å². The monoisotopic (exact) mass is 244 g/mol. The predicted octanol–water partition coefficient (Wildman–Crippen LogP) is 1.86. The zero-order valence-corrected chi connectivity index (χ0v) is 9.73. The van der Waals surface area contributed by atoms with Gasteiger partial charge in [0.05, 0.1) is 5.69 Å². The molecule has 5 heteroatoms. The first-order chi connectivity index (χ1) is 8.65. The van der Waals surface area contributed by atoms with Crippen LogP contribution >= 0.6 is 0 Å². The van der Waals surface area contributed by atoms with Gasteiger partial charge < -0.3 is 11.5 Å². The molecule has 2 aromatic rings. The van der Waals surface area contributed by atoms with Gasteiger partial charge in [-0.1, -0.05) is 12.1 Å². The second kappa shape index (κ2) is 3.94. The molecular weight excluding hydrogens is 231 g/mol. The number of fused-ring (bicyclic) bond motifs is 1. The number of hydrogen-bond acceptors (Lipinski definition) is 4. The summed E-state index contributed by atoms with van der Waals surface area (Å²) < 4.78 is 12.9. The van der Waals surface area contributed by atoms with Crippen molar-refractivity contribution in [3.05, 3.63) is 46.9 Å². The predicted molar refractivity (Wildman–Crippen MR) is 67.4 cm³/mol. The Bertz CT molecular complexity index is 595. The van der Waals surface area contributed by atoms with Crippen molar-refractivity contribution >= 4 is 11.8 Å². The molecule has 1 aliphatic carbocycles. The van der Waals surface area contributed by atoms with E-state index in [4.69, 9.17) is 11.5 Å². The molecule has 1 heterocycles. The van der Waals surface area contributed by atoms with Crippen LogP contribution in [0.5, 0.6) is 0 Å². The number of nitrogens with zero attached hydrogens (tertiary/aromatic N) is 2. The van der Waals surface area contributed by atoms with Crippen molar-refractivity contribution in [2.24, 2.45) is 0 Å². The number of rotatable bonds is 1. The highest BCUT2D eigenvalue weighted by atomic mass is 19.1. The Kier molecular flexibility index (Phi) is 2.40. The van der Waals surface area contributed by atoms with Crippen molar-refractivity contribution in [3.8, 4) is 0 Å². The molecule has 0 amide bonds. The van der Waals surface area contributed by atoms with Gasteiger partial charge in [-0.2, -0.15) is 4.98 Å². The summed E-state index contributed by atoms with van der Waals surface area (Å²) in [5, 5.41) is 0. The highest BCUT2D eigenvalue weighted by Crippen LogP contribution is 2.38. The van der Waals surface area contributed by atoms with E-state index in [-0.39, 0.29) is 17.7 Å². The first-order valence-corrected chi connectivity index (χ1v) is 5.82. The molecule has 1 aromatic carbocycles. The molecule has 0 saturated carbocycles. The van der Waals surface area contributed by atoms with Crippen LogP contribution in [0, 0.1) is 5.82 Å². The SMILES string of the molecule is Nc1nc(N)c2c(n1)C(c1ccc(F)cc1)CC2. The molecular formula is C13H13FN4. The number of nitrogen functional groups attached to an aromatic ring is 2. The third-order valence-corrected chi connectivity index (χ3v) is 3.37. The van der Waals surface area contributed by atoms with Gasteiger partial charge in [-0.15, -0.1) is 0 Å². The molecule has 18 heavy (non-hydrogen) atoms. The summed E-state index contributed by atoms with van der Waals surface area (Å²) in [5.41, 5.74) is 14.4. The summed E-state index contributed by atoms with van der Waals surface area (Å²) in [6, 6.07) is 6.48. The average Bonchev–Trinajstić information content (AvgIpc) is 2.74. The molecule has 0 fully saturated rings. The second-order valence-electron chi connectivity index (χ2n) is 4.47. The fraction of sp³-hybridized carbons (Fsp3) is 0.231. The van der Waals surface area contributed by atoms with Crippen LogP contribution in [-0.4, -0.2) is 9.97 Å². The maximum atomic E-state index is 12.9. The fourth-order valence-electron chi connectivity index (χ4n) is 2.53. The Hall–Kier alpha value is -2.17. The Labute approximate surface area is 104 Å². The second-order valence-corrected chi connectivity index (χ2v) is 4.47. The minimum Gasteiger partial charge on any atom is -0.383 e. The number of anilines is 2. The van der Waals surface area contributed by atoms with E-state index in [9.17, 15) is 4.39 Å². The van der Waals surface area contributed by atoms with Crippen LogP contribution in [-0.2, 0) is 6.42 Å². The van der Waals surface area contributed by atoms with E-state index in [1.54, 1.807) is 12.1 Å². The molecule has 3 rings (SSSR count). The zero-order chi connectivity index (χ0) is 12.7. The van der Waals surface area contributed by atoms with Crippen LogP contribution in [0.1, 0.15) is 29.2 Å². The normalized spacial score (nSPS) is 17.7. The minimum absolute atomic E-state index is 0.133. The standard InChI is InChI=1S/C13H13FN4/c14-8-3-1-7(2-4-8)9-5-6-10-11(9)17-13(16)18-12(10)15/h1-4,9H,5-6H2,(H4,15,16,17,18). The van der Waals surface area contributed by atoms with Gasteiger partial charge >= 0.3 is 0 Å². The van der Waals surface area contributed by atoms with Crippen molar-refractivity contribution in [1.29, 1.82) is 0 Å². The summed E-state index contributed by atoms with van der Waals surface area (Å²) in [7, 11) is 0. The van der Waals surface area contributed by atoms with Crippen LogP contribution in [0.4, 0.5) is 16.2 Å². The molecule has 4 N–H and O–H groups in total. The van der Waals surface area contributed by atoms with Gasteiger partial charge in [-0.05, 0) is 30.5 Å². The molecule has 0 bridgehead atoms. The largest absolute Gasteiger partial charge is 0.383 e. The van der Waals surface area contributed by atoms with Crippen LogP contribution in [0.25, 0.3) is 0 Å². The molecule has 1 unspecified atom stereocenters. The number of nitrogens with two attached hydrogens (primary N) is 2. The Morgan fingerprint density at radius 1 is 1.11 bits per heavy atom. The topological polar surface area (TPSA) is 77.8 Å². The van der Waals surface area contributed by atoms with Gasteiger partial charge in [-0.25, -0.2) is 9.37 Å². The van der Waals surface area contributed by atoms with Crippen LogP contribution in [0.2, 0.25) is 0 Å². The quantitative estimate of drug-likeness (QED) is 0.802. The van der Waals surface area contributed by atoms with Gasteiger partial charge in [0.2, 0.25) is 5.95 Å². The Balaban J connectivity index is 2.07. The van der Waals surface area contributed by atoms with Gasteiger partial charge in [0.1, 0.15) is 11.6 Å². The zero-order valence-electron chi connectivity index (χ0n) is 9.73. The lowest BCUT2D eigenvalue weighted by Gasteiger charge is -2.11. The molecule has 92 valence electrons. The maximum absolute atomic E-state index is 12.9. The van der Waals surface area contributed by atoms with E-state index < -0.39 is 0 Å². The van der Waals surface area contributed by atoms with Crippen molar-refractivity contribution < 1.29 is 4.39 Å². The van der Waals surface area contributed by atoms with Crippen LogP contribution in [0.15, 0.2) is 24.3 Å². The lowest BCUT2D eigenvalue weighted by Crippen LogP contribution is -2.07. The molecule has 1 aromatic heterocycles. The smallest absolute Gasteiger partial charge is 0.222 e. The molecule has 4 nitrogen and oxygen atoms in total. The fourth-order valence-corrected chi connectivity index (χ4v) is 2.53. The molecule has 1 aliphatic rings. The first-order valence-electron chi connectivity index (χ1n) is 5.82. The molecule has 1 atom stereocenters. The summed E-state index contributed by atoms with van der Waals surface area (Å²) >= 11 is 0. The van der Waals surface area contributed by atoms with Crippen LogP contribution < -0.4 is 11.5 Å². The van der Waals surface area contributed by atoms with Crippen molar-refractivity contribution in [1.82, 2.24) is 9.97 Å². The summed E-state index contributed by atoms with van der Waals surface area (Å²) in [5.74, 6) is 0.550. The van der Waals surface area contributed by atoms with Gasteiger partial charge in [0.25, 0.3) is 0 Å². The van der Waals surface area contributed by atoms with E-state index in [0.29, 0.717) is 5.82 Å². The van der Waals surface area contributed by atoms with E-state index in [2.05, 4.69) is 9.97 Å². The summed E-state index contributed by atoms with van der Waals surface area (Å²) in [6.45, 7) is 0. The van der Waals surface area contributed by atoms with Gasteiger partial charge in [0, 0.05) is 11.5 Å². The number of halogens is 1.